The SMILES string of the molecule is C[Si](C)(C)C1OCCS1. The Hall–Kier alpha value is 0.527. The van der Waals surface area contributed by atoms with Crippen molar-refractivity contribution in [2.45, 2.75) is 24.7 Å². The Morgan fingerprint density at radius 1 is 1.44 bits per heavy atom. The van der Waals surface area contributed by atoms with Crippen molar-refractivity contribution in [1.29, 1.82) is 0 Å². The average molecular weight is 162 g/mol. The lowest BCUT2D eigenvalue weighted by Gasteiger charge is -2.22. The van der Waals surface area contributed by atoms with Gasteiger partial charge in [-0.2, -0.15) is 0 Å². The highest BCUT2D eigenvalue weighted by Gasteiger charge is 2.30. The van der Waals surface area contributed by atoms with E-state index in [4.69, 9.17) is 4.74 Å². The normalized spacial score (nSPS) is 29.0. The molecule has 3 heteroatoms. The molecular formula is C6H14OSSi. The summed E-state index contributed by atoms with van der Waals surface area (Å²) in [5.41, 5.74) is 0. The molecule has 0 spiro atoms. The van der Waals surface area contributed by atoms with Crippen LogP contribution in [-0.2, 0) is 4.74 Å². The second-order valence-electron chi connectivity index (χ2n) is 3.44. The molecule has 1 atom stereocenters. The predicted octanol–water partition coefficient (Wildman–Crippen LogP) is 1.95. The van der Waals surface area contributed by atoms with Crippen LogP contribution in [0.2, 0.25) is 19.6 Å². The van der Waals surface area contributed by atoms with Crippen LogP contribution in [0.3, 0.4) is 0 Å². The van der Waals surface area contributed by atoms with Crippen molar-refractivity contribution in [3.8, 4) is 0 Å². The second kappa shape index (κ2) is 2.64. The molecule has 0 radical (unpaired) electrons. The zero-order valence-corrected chi connectivity index (χ0v) is 8.12. The molecule has 0 aromatic heterocycles. The van der Waals surface area contributed by atoms with E-state index in [1.165, 1.54) is 5.75 Å². The molecule has 1 nitrogen and oxygen atoms in total. The van der Waals surface area contributed by atoms with Crippen LogP contribution in [0.4, 0.5) is 0 Å². The lowest BCUT2D eigenvalue weighted by atomic mass is 10.9. The number of ether oxygens (including phenoxy) is 1. The van der Waals surface area contributed by atoms with Crippen molar-refractivity contribution in [3.63, 3.8) is 0 Å². The number of thioether (sulfide) groups is 1. The smallest absolute Gasteiger partial charge is 0.0914 e. The van der Waals surface area contributed by atoms with Gasteiger partial charge in [-0.3, -0.25) is 0 Å². The minimum Gasteiger partial charge on any atom is -0.370 e. The minimum absolute atomic E-state index is 0.567. The zero-order valence-electron chi connectivity index (χ0n) is 6.31. The zero-order chi connectivity index (χ0) is 6.91. The van der Waals surface area contributed by atoms with Gasteiger partial charge in [0, 0.05) is 5.75 Å². The molecule has 1 aliphatic rings. The molecule has 0 amide bonds. The first-order chi connectivity index (χ1) is 4.11. The summed E-state index contributed by atoms with van der Waals surface area (Å²) in [6.07, 6.45) is 0. The maximum Gasteiger partial charge on any atom is 0.0914 e. The molecular weight excluding hydrogens is 148 g/mol. The molecule has 1 rings (SSSR count). The fourth-order valence-electron chi connectivity index (χ4n) is 0.858. The molecule has 0 N–H and O–H groups in total. The Labute approximate surface area is 62.2 Å². The Morgan fingerprint density at radius 3 is 2.33 bits per heavy atom. The first-order valence-corrected chi connectivity index (χ1v) is 7.96. The van der Waals surface area contributed by atoms with E-state index in [-0.39, 0.29) is 0 Å². The van der Waals surface area contributed by atoms with Crippen LogP contribution >= 0.6 is 11.8 Å². The van der Waals surface area contributed by atoms with Crippen molar-refractivity contribution in [3.05, 3.63) is 0 Å². The van der Waals surface area contributed by atoms with Gasteiger partial charge in [0.05, 0.1) is 19.7 Å². The molecule has 1 saturated heterocycles. The van der Waals surface area contributed by atoms with E-state index in [9.17, 15) is 0 Å². The molecule has 0 bridgehead atoms. The summed E-state index contributed by atoms with van der Waals surface area (Å²) < 4.78 is 5.54. The van der Waals surface area contributed by atoms with Gasteiger partial charge < -0.3 is 4.74 Å². The summed E-state index contributed by atoms with van der Waals surface area (Å²) in [6.45, 7) is 8.04. The maximum absolute atomic E-state index is 5.54. The van der Waals surface area contributed by atoms with E-state index in [1.54, 1.807) is 0 Å². The third kappa shape index (κ3) is 1.99. The summed E-state index contributed by atoms with van der Waals surface area (Å²) in [7, 11) is -0.983. The van der Waals surface area contributed by atoms with Crippen LogP contribution in [-0.4, -0.2) is 25.5 Å². The molecule has 0 aliphatic carbocycles. The fraction of sp³-hybridized carbons (Fsp3) is 1.00. The maximum atomic E-state index is 5.54. The fourth-order valence-corrected chi connectivity index (χ4v) is 4.43. The van der Waals surface area contributed by atoms with Crippen molar-refractivity contribution in [1.82, 2.24) is 0 Å². The van der Waals surface area contributed by atoms with Crippen LogP contribution in [0.5, 0.6) is 0 Å². The van der Waals surface area contributed by atoms with Crippen molar-refractivity contribution in [2.24, 2.45) is 0 Å². The Morgan fingerprint density at radius 2 is 2.11 bits per heavy atom. The Kier molecular flexibility index (Phi) is 2.24. The molecule has 1 aliphatic heterocycles. The van der Waals surface area contributed by atoms with Crippen molar-refractivity contribution >= 4 is 19.8 Å². The van der Waals surface area contributed by atoms with Gasteiger partial charge in [-0.25, -0.2) is 0 Å². The predicted molar refractivity (Wildman–Crippen MR) is 45.5 cm³/mol. The van der Waals surface area contributed by atoms with Crippen molar-refractivity contribution < 1.29 is 4.74 Å². The topological polar surface area (TPSA) is 9.23 Å². The molecule has 9 heavy (non-hydrogen) atoms. The quantitative estimate of drug-likeness (QED) is 0.545. The lowest BCUT2D eigenvalue weighted by molar-refractivity contribution is 0.185. The van der Waals surface area contributed by atoms with Gasteiger partial charge in [-0.15, -0.1) is 11.8 Å². The molecule has 0 aromatic rings. The summed E-state index contributed by atoms with van der Waals surface area (Å²) >= 11 is 1.99. The highest BCUT2D eigenvalue weighted by molar-refractivity contribution is 8.01. The van der Waals surface area contributed by atoms with Gasteiger partial charge in [-0.05, 0) is 0 Å². The minimum atomic E-state index is -0.983. The van der Waals surface area contributed by atoms with E-state index in [1.807, 2.05) is 11.8 Å². The van der Waals surface area contributed by atoms with E-state index < -0.39 is 8.07 Å². The molecule has 1 unspecified atom stereocenters. The van der Waals surface area contributed by atoms with Crippen LogP contribution in [0.1, 0.15) is 0 Å². The Balaban J connectivity index is 2.42. The largest absolute Gasteiger partial charge is 0.370 e. The molecule has 1 fully saturated rings. The summed E-state index contributed by atoms with van der Waals surface area (Å²) in [5, 5.41) is 0.567. The first kappa shape index (κ1) is 7.63. The van der Waals surface area contributed by atoms with Crippen LogP contribution in [0.25, 0.3) is 0 Å². The first-order valence-electron chi connectivity index (χ1n) is 3.34. The van der Waals surface area contributed by atoms with Gasteiger partial charge in [0.2, 0.25) is 0 Å². The molecule has 54 valence electrons. The standard InChI is InChI=1S/C6H14OSSi/c1-9(2,3)6-7-4-5-8-6/h6H,4-5H2,1-3H3. The van der Waals surface area contributed by atoms with Gasteiger partial charge in [0.25, 0.3) is 0 Å². The van der Waals surface area contributed by atoms with Gasteiger partial charge in [0.15, 0.2) is 0 Å². The number of rotatable bonds is 1. The van der Waals surface area contributed by atoms with Gasteiger partial charge >= 0.3 is 0 Å². The Bertz CT molecular complexity index is 93.7. The van der Waals surface area contributed by atoms with E-state index >= 15 is 0 Å². The summed E-state index contributed by atoms with van der Waals surface area (Å²) in [4.78, 5) is 0. The molecule has 0 saturated carbocycles. The monoisotopic (exact) mass is 162 g/mol. The average Bonchev–Trinajstić information content (AvgIpc) is 2.08. The number of hydrogen-bond acceptors (Lipinski definition) is 2. The van der Waals surface area contributed by atoms with Crippen LogP contribution in [0.15, 0.2) is 0 Å². The molecule has 0 aromatic carbocycles. The van der Waals surface area contributed by atoms with Crippen LogP contribution < -0.4 is 0 Å². The van der Waals surface area contributed by atoms with Crippen LogP contribution in [0, 0.1) is 0 Å². The van der Waals surface area contributed by atoms with E-state index in [2.05, 4.69) is 19.6 Å². The summed E-state index contributed by atoms with van der Waals surface area (Å²) in [6, 6.07) is 0. The second-order valence-corrected chi connectivity index (χ2v) is 10.3. The van der Waals surface area contributed by atoms with Crippen molar-refractivity contribution in [2.75, 3.05) is 12.4 Å². The highest BCUT2D eigenvalue weighted by Crippen LogP contribution is 2.27. The number of hydrogen-bond donors (Lipinski definition) is 0. The lowest BCUT2D eigenvalue weighted by Crippen LogP contribution is -2.35. The van der Waals surface area contributed by atoms with Gasteiger partial charge in [0.1, 0.15) is 0 Å². The van der Waals surface area contributed by atoms with Gasteiger partial charge in [-0.1, -0.05) is 19.6 Å². The van der Waals surface area contributed by atoms with E-state index in [0.29, 0.717) is 5.06 Å². The highest BCUT2D eigenvalue weighted by atomic mass is 32.2. The molecule has 1 heterocycles. The summed E-state index contributed by atoms with van der Waals surface area (Å²) in [5.74, 6) is 1.20. The third-order valence-electron chi connectivity index (χ3n) is 1.33. The third-order valence-corrected chi connectivity index (χ3v) is 6.37. The van der Waals surface area contributed by atoms with E-state index in [0.717, 1.165) is 6.61 Å².